The van der Waals surface area contributed by atoms with Crippen LogP contribution in [-0.4, -0.2) is 17.2 Å². The Kier molecular flexibility index (Phi) is 4.42. The van der Waals surface area contributed by atoms with Crippen LogP contribution in [0, 0.1) is 6.92 Å². The van der Waals surface area contributed by atoms with E-state index in [2.05, 4.69) is 0 Å². The summed E-state index contributed by atoms with van der Waals surface area (Å²) < 4.78 is 11.1. The van der Waals surface area contributed by atoms with Crippen LogP contribution in [-0.2, 0) is 11.3 Å². The third-order valence-corrected chi connectivity index (χ3v) is 3.43. The molecule has 0 saturated heterocycles. The number of hydrogen-bond acceptors (Lipinski definition) is 3. The molecule has 1 N–H and O–H groups in total. The highest BCUT2D eigenvalue weighted by atomic mass is 16.5. The van der Waals surface area contributed by atoms with Gasteiger partial charge in [-0.2, -0.15) is 0 Å². The molecule has 4 nitrogen and oxygen atoms in total. The van der Waals surface area contributed by atoms with Crippen molar-refractivity contribution in [3.8, 4) is 0 Å². The fourth-order valence-electron chi connectivity index (χ4n) is 2.44. The first-order chi connectivity index (χ1) is 8.66. The summed E-state index contributed by atoms with van der Waals surface area (Å²) in [5.41, 5.74) is 0.655. The second-order valence-corrected chi connectivity index (χ2v) is 4.95. The van der Waals surface area contributed by atoms with E-state index in [-0.39, 0.29) is 5.76 Å². The minimum atomic E-state index is -1.02. The summed E-state index contributed by atoms with van der Waals surface area (Å²) in [6.07, 6.45) is 7.54. The molecule has 0 bridgehead atoms. The topological polar surface area (TPSA) is 59.7 Å². The van der Waals surface area contributed by atoms with Crippen LogP contribution in [0.15, 0.2) is 10.5 Å². The lowest BCUT2D eigenvalue weighted by atomic mass is 10.1. The summed E-state index contributed by atoms with van der Waals surface area (Å²) in [6, 6.07) is 1.75. The van der Waals surface area contributed by atoms with Gasteiger partial charge in [-0.25, -0.2) is 4.79 Å². The molecular formula is C14H20O4. The highest BCUT2D eigenvalue weighted by Crippen LogP contribution is 2.22. The van der Waals surface area contributed by atoms with Crippen LogP contribution >= 0.6 is 0 Å². The molecule has 1 aliphatic carbocycles. The van der Waals surface area contributed by atoms with Crippen molar-refractivity contribution in [3.05, 3.63) is 23.2 Å². The number of carboxylic acid groups (broad SMARTS) is 1. The Bertz CT molecular complexity index is 400. The van der Waals surface area contributed by atoms with Gasteiger partial charge in [0, 0.05) is 5.56 Å². The Balaban J connectivity index is 1.89. The Morgan fingerprint density at radius 1 is 1.39 bits per heavy atom. The van der Waals surface area contributed by atoms with Crippen LogP contribution in [0.25, 0.3) is 0 Å². The first-order valence-electron chi connectivity index (χ1n) is 6.61. The van der Waals surface area contributed by atoms with Crippen LogP contribution in [0.4, 0.5) is 0 Å². The van der Waals surface area contributed by atoms with E-state index < -0.39 is 5.97 Å². The van der Waals surface area contributed by atoms with Gasteiger partial charge in [-0.05, 0) is 25.8 Å². The summed E-state index contributed by atoms with van der Waals surface area (Å²) in [7, 11) is 0. The molecular weight excluding hydrogens is 232 g/mol. The Morgan fingerprint density at radius 2 is 2.06 bits per heavy atom. The summed E-state index contributed by atoms with van der Waals surface area (Å²) in [4.78, 5) is 10.9. The number of hydrogen-bond donors (Lipinski definition) is 1. The SMILES string of the molecule is Cc1cc(COC2CCCCCC2)oc1C(=O)O. The Hall–Kier alpha value is -1.29. The highest BCUT2D eigenvalue weighted by molar-refractivity contribution is 5.86. The lowest BCUT2D eigenvalue weighted by Gasteiger charge is -2.13. The maximum atomic E-state index is 10.9. The van der Waals surface area contributed by atoms with E-state index in [1.54, 1.807) is 13.0 Å². The average molecular weight is 252 g/mol. The molecule has 0 atom stereocenters. The van der Waals surface area contributed by atoms with Crippen molar-refractivity contribution in [1.29, 1.82) is 0 Å². The minimum Gasteiger partial charge on any atom is -0.475 e. The molecule has 0 aromatic carbocycles. The predicted molar refractivity (Wildman–Crippen MR) is 66.7 cm³/mol. The van der Waals surface area contributed by atoms with Crippen molar-refractivity contribution in [2.45, 2.75) is 58.2 Å². The van der Waals surface area contributed by atoms with Gasteiger partial charge in [0.1, 0.15) is 12.4 Å². The molecule has 0 unspecified atom stereocenters. The Morgan fingerprint density at radius 3 is 2.61 bits per heavy atom. The van der Waals surface area contributed by atoms with Crippen LogP contribution in [0.5, 0.6) is 0 Å². The monoisotopic (exact) mass is 252 g/mol. The third-order valence-electron chi connectivity index (χ3n) is 3.43. The van der Waals surface area contributed by atoms with Crippen LogP contribution in [0.1, 0.15) is 60.4 Å². The van der Waals surface area contributed by atoms with Gasteiger partial charge in [0.2, 0.25) is 5.76 Å². The summed E-state index contributed by atoms with van der Waals surface area (Å²) in [5.74, 6) is -0.392. The molecule has 1 saturated carbocycles. The van der Waals surface area contributed by atoms with Crippen molar-refractivity contribution in [1.82, 2.24) is 0 Å². The minimum absolute atomic E-state index is 0.0227. The van der Waals surface area contributed by atoms with E-state index >= 15 is 0 Å². The second-order valence-electron chi connectivity index (χ2n) is 4.95. The van der Waals surface area contributed by atoms with E-state index in [0.29, 0.717) is 24.0 Å². The van der Waals surface area contributed by atoms with Crippen LogP contribution in [0.3, 0.4) is 0 Å². The van der Waals surface area contributed by atoms with Crippen molar-refractivity contribution in [3.63, 3.8) is 0 Å². The van der Waals surface area contributed by atoms with Crippen molar-refractivity contribution in [2.75, 3.05) is 0 Å². The molecule has 1 fully saturated rings. The molecule has 4 heteroatoms. The standard InChI is InChI=1S/C14H20O4/c1-10-8-12(18-13(10)14(15)16)9-17-11-6-4-2-3-5-7-11/h8,11H,2-7,9H2,1H3,(H,15,16). The fraction of sp³-hybridized carbons (Fsp3) is 0.643. The number of aromatic carboxylic acids is 1. The lowest BCUT2D eigenvalue weighted by Crippen LogP contribution is -2.11. The largest absolute Gasteiger partial charge is 0.475 e. The van der Waals surface area contributed by atoms with Gasteiger partial charge in [-0.3, -0.25) is 0 Å². The molecule has 1 aromatic rings. The summed E-state index contributed by atoms with van der Waals surface area (Å²) in [6.45, 7) is 2.11. The van der Waals surface area contributed by atoms with Crippen LogP contribution < -0.4 is 0 Å². The molecule has 1 aromatic heterocycles. The number of rotatable bonds is 4. The van der Waals surface area contributed by atoms with Crippen molar-refractivity contribution < 1.29 is 19.1 Å². The molecule has 0 radical (unpaired) electrons. The summed E-state index contributed by atoms with van der Waals surface area (Å²) >= 11 is 0. The summed E-state index contributed by atoms with van der Waals surface area (Å²) in [5, 5.41) is 8.90. The third kappa shape index (κ3) is 3.35. The first-order valence-corrected chi connectivity index (χ1v) is 6.61. The zero-order chi connectivity index (χ0) is 13.0. The fourth-order valence-corrected chi connectivity index (χ4v) is 2.44. The Labute approximate surface area is 107 Å². The number of furan rings is 1. The molecule has 1 aliphatic rings. The molecule has 0 aliphatic heterocycles. The smallest absolute Gasteiger partial charge is 0.372 e. The van der Waals surface area contributed by atoms with E-state index in [0.717, 1.165) is 12.8 Å². The highest BCUT2D eigenvalue weighted by Gasteiger charge is 2.17. The molecule has 2 rings (SSSR count). The number of carbonyl (C=O) groups is 1. The zero-order valence-electron chi connectivity index (χ0n) is 10.8. The number of ether oxygens (including phenoxy) is 1. The molecule has 0 spiro atoms. The van der Waals surface area contributed by atoms with Gasteiger partial charge in [0.05, 0.1) is 6.10 Å². The number of aryl methyl sites for hydroxylation is 1. The van der Waals surface area contributed by atoms with Gasteiger partial charge in [-0.15, -0.1) is 0 Å². The van der Waals surface area contributed by atoms with E-state index in [9.17, 15) is 4.79 Å². The zero-order valence-corrected chi connectivity index (χ0v) is 10.8. The average Bonchev–Trinajstić information content (AvgIpc) is 2.55. The lowest BCUT2D eigenvalue weighted by molar-refractivity contribution is 0.0211. The van der Waals surface area contributed by atoms with Crippen molar-refractivity contribution >= 4 is 5.97 Å². The molecule has 100 valence electrons. The molecule has 0 amide bonds. The van der Waals surface area contributed by atoms with Crippen LogP contribution in [0.2, 0.25) is 0 Å². The molecule has 18 heavy (non-hydrogen) atoms. The van der Waals surface area contributed by atoms with E-state index in [1.807, 2.05) is 0 Å². The second kappa shape index (κ2) is 6.05. The van der Waals surface area contributed by atoms with Gasteiger partial charge in [0.25, 0.3) is 0 Å². The van der Waals surface area contributed by atoms with Crippen molar-refractivity contribution in [2.24, 2.45) is 0 Å². The maximum absolute atomic E-state index is 10.9. The van der Waals surface area contributed by atoms with Gasteiger partial charge in [-0.1, -0.05) is 25.7 Å². The molecule has 1 heterocycles. The van der Waals surface area contributed by atoms with E-state index in [1.165, 1.54) is 25.7 Å². The van der Waals surface area contributed by atoms with Gasteiger partial charge in [0.15, 0.2) is 0 Å². The van der Waals surface area contributed by atoms with E-state index in [4.69, 9.17) is 14.3 Å². The normalized spacial score (nSPS) is 17.6. The van der Waals surface area contributed by atoms with Gasteiger partial charge < -0.3 is 14.3 Å². The van der Waals surface area contributed by atoms with Gasteiger partial charge >= 0.3 is 5.97 Å². The number of carboxylic acids is 1. The first kappa shape index (κ1) is 13.1. The predicted octanol–water partition coefficient (Wildman–Crippen LogP) is 3.53. The quantitative estimate of drug-likeness (QED) is 0.833. The maximum Gasteiger partial charge on any atom is 0.372 e.